The van der Waals surface area contributed by atoms with Crippen molar-refractivity contribution < 1.29 is 8.78 Å². The van der Waals surface area contributed by atoms with Crippen LogP contribution in [-0.4, -0.2) is 26.3 Å². The second kappa shape index (κ2) is 5.67. The molecule has 5 nitrogen and oxygen atoms in total. The average Bonchev–Trinajstić information content (AvgIpc) is 2.79. The van der Waals surface area contributed by atoms with Crippen LogP contribution in [0.3, 0.4) is 0 Å². The Morgan fingerprint density at radius 2 is 1.86 bits per heavy atom. The van der Waals surface area contributed by atoms with Crippen LogP contribution in [0.2, 0.25) is 0 Å². The molecule has 3 rings (SSSR count). The van der Waals surface area contributed by atoms with Crippen molar-refractivity contribution >= 4 is 16.7 Å². The second-order valence-corrected chi connectivity index (χ2v) is 5.08. The zero-order chi connectivity index (χ0) is 15.7. The zero-order valence-electron chi connectivity index (χ0n) is 12.3. The first-order chi connectivity index (χ1) is 10.5. The van der Waals surface area contributed by atoms with Crippen LogP contribution >= 0.6 is 0 Å². The lowest BCUT2D eigenvalue weighted by Gasteiger charge is -2.09. The number of fused-ring (bicyclic) bond motifs is 1. The van der Waals surface area contributed by atoms with E-state index >= 15 is 0 Å². The van der Waals surface area contributed by atoms with Gasteiger partial charge in [-0.05, 0) is 26.0 Å². The lowest BCUT2D eigenvalue weighted by molar-refractivity contribution is 0.510. The van der Waals surface area contributed by atoms with Gasteiger partial charge in [0.2, 0.25) is 0 Å². The molecule has 0 aliphatic heterocycles. The number of nitrogens with zero attached hydrogens (tertiary/aromatic N) is 4. The standard InChI is InChI=1S/C15H15F2N5/c1-9-5-10(2)22(21-9)4-3-18-15-11-6-12(16)13(17)7-14(11)19-8-20-15/h5-8H,3-4H2,1-2H3,(H,18,19,20). The highest BCUT2D eigenvalue weighted by atomic mass is 19.2. The van der Waals surface area contributed by atoms with Gasteiger partial charge in [-0.2, -0.15) is 5.10 Å². The molecule has 2 heterocycles. The van der Waals surface area contributed by atoms with Crippen LogP contribution in [0.15, 0.2) is 24.5 Å². The van der Waals surface area contributed by atoms with Crippen LogP contribution in [0, 0.1) is 25.5 Å². The molecule has 3 aromatic rings. The summed E-state index contributed by atoms with van der Waals surface area (Å²) in [6.07, 6.45) is 1.32. The number of halogens is 2. The van der Waals surface area contributed by atoms with Crippen LogP contribution in [0.5, 0.6) is 0 Å². The molecule has 114 valence electrons. The summed E-state index contributed by atoms with van der Waals surface area (Å²) in [6.45, 7) is 5.13. The van der Waals surface area contributed by atoms with Gasteiger partial charge >= 0.3 is 0 Å². The Labute approximate surface area is 126 Å². The lowest BCUT2D eigenvalue weighted by atomic mass is 10.2. The van der Waals surface area contributed by atoms with Gasteiger partial charge in [-0.1, -0.05) is 0 Å². The highest BCUT2D eigenvalue weighted by Crippen LogP contribution is 2.22. The van der Waals surface area contributed by atoms with Crippen molar-refractivity contribution in [3.05, 3.63) is 47.5 Å². The molecule has 0 saturated carbocycles. The molecule has 0 unspecified atom stereocenters. The number of benzene rings is 1. The first kappa shape index (κ1) is 14.4. The van der Waals surface area contributed by atoms with Crippen LogP contribution in [0.4, 0.5) is 14.6 Å². The van der Waals surface area contributed by atoms with E-state index in [0.29, 0.717) is 29.8 Å². The number of rotatable bonds is 4. The summed E-state index contributed by atoms with van der Waals surface area (Å²) in [4.78, 5) is 8.05. The van der Waals surface area contributed by atoms with Crippen molar-refractivity contribution in [2.75, 3.05) is 11.9 Å². The molecule has 1 aromatic carbocycles. The summed E-state index contributed by atoms with van der Waals surface area (Å²) in [5, 5.41) is 7.94. The number of aromatic nitrogens is 4. The van der Waals surface area contributed by atoms with E-state index in [9.17, 15) is 8.78 Å². The molecule has 22 heavy (non-hydrogen) atoms. The third kappa shape index (κ3) is 2.74. The fraction of sp³-hybridized carbons (Fsp3) is 0.267. The molecule has 2 aromatic heterocycles. The van der Waals surface area contributed by atoms with Gasteiger partial charge in [0.1, 0.15) is 12.1 Å². The van der Waals surface area contributed by atoms with Crippen molar-refractivity contribution in [2.24, 2.45) is 0 Å². The van der Waals surface area contributed by atoms with Gasteiger partial charge in [-0.25, -0.2) is 18.7 Å². The summed E-state index contributed by atoms with van der Waals surface area (Å²) in [5.41, 5.74) is 2.39. The molecule has 0 fully saturated rings. The van der Waals surface area contributed by atoms with Gasteiger partial charge in [0.25, 0.3) is 0 Å². The highest BCUT2D eigenvalue weighted by Gasteiger charge is 2.09. The van der Waals surface area contributed by atoms with Crippen molar-refractivity contribution in [1.29, 1.82) is 0 Å². The largest absolute Gasteiger partial charge is 0.368 e. The number of hydrogen-bond donors (Lipinski definition) is 1. The van der Waals surface area contributed by atoms with Crippen LogP contribution in [0.25, 0.3) is 10.9 Å². The van der Waals surface area contributed by atoms with Crippen molar-refractivity contribution in [2.45, 2.75) is 20.4 Å². The second-order valence-electron chi connectivity index (χ2n) is 5.08. The Morgan fingerprint density at radius 1 is 1.09 bits per heavy atom. The third-order valence-corrected chi connectivity index (χ3v) is 3.40. The minimum absolute atomic E-state index is 0.363. The van der Waals surface area contributed by atoms with E-state index in [1.54, 1.807) is 0 Å². The maximum Gasteiger partial charge on any atom is 0.161 e. The first-order valence-corrected chi connectivity index (χ1v) is 6.89. The Bertz CT molecular complexity index is 828. The van der Waals surface area contributed by atoms with E-state index in [2.05, 4.69) is 20.4 Å². The number of aryl methyl sites for hydroxylation is 2. The number of hydrogen-bond acceptors (Lipinski definition) is 4. The molecule has 0 radical (unpaired) electrons. The van der Waals surface area contributed by atoms with Gasteiger partial charge in [0, 0.05) is 23.7 Å². The topological polar surface area (TPSA) is 55.6 Å². The number of anilines is 1. The van der Waals surface area contributed by atoms with Crippen LogP contribution in [-0.2, 0) is 6.54 Å². The molecule has 0 spiro atoms. The van der Waals surface area contributed by atoms with Gasteiger partial charge < -0.3 is 5.32 Å². The smallest absolute Gasteiger partial charge is 0.161 e. The van der Waals surface area contributed by atoms with Gasteiger partial charge in [0.05, 0.1) is 17.8 Å². The van der Waals surface area contributed by atoms with E-state index in [4.69, 9.17) is 0 Å². The molecule has 0 amide bonds. The zero-order valence-corrected chi connectivity index (χ0v) is 12.3. The van der Waals surface area contributed by atoms with E-state index in [1.807, 2.05) is 24.6 Å². The molecule has 0 bridgehead atoms. The van der Waals surface area contributed by atoms with E-state index in [0.717, 1.165) is 23.5 Å². The predicted octanol–water partition coefficient (Wildman–Crippen LogP) is 2.83. The molecular formula is C15H15F2N5. The maximum atomic E-state index is 13.4. The SMILES string of the molecule is Cc1cc(C)n(CCNc2ncnc3cc(F)c(F)cc23)n1. The molecular weight excluding hydrogens is 288 g/mol. The molecule has 1 N–H and O–H groups in total. The number of nitrogens with one attached hydrogen (secondary N) is 1. The lowest BCUT2D eigenvalue weighted by Crippen LogP contribution is -2.14. The average molecular weight is 303 g/mol. The first-order valence-electron chi connectivity index (χ1n) is 6.89. The molecule has 0 aliphatic rings. The minimum Gasteiger partial charge on any atom is -0.368 e. The maximum absolute atomic E-state index is 13.4. The van der Waals surface area contributed by atoms with E-state index < -0.39 is 11.6 Å². The molecule has 0 saturated heterocycles. The Hall–Kier alpha value is -2.57. The van der Waals surface area contributed by atoms with Crippen molar-refractivity contribution in [1.82, 2.24) is 19.7 Å². The van der Waals surface area contributed by atoms with Gasteiger partial charge in [-0.15, -0.1) is 0 Å². The molecule has 7 heteroatoms. The fourth-order valence-corrected chi connectivity index (χ4v) is 2.37. The molecule has 0 atom stereocenters. The van der Waals surface area contributed by atoms with Gasteiger partial charge in [0.15, 0.2) is 11.6 Å². The monoisotopic (exact) mass is 303 g/mol. The summed E-state index contributed by atoms with van der Waals surface area (Å²) in [6, 6.07) is 4.17. The Morgan fingerprint density at radius 3 is 2.59 bits per heavy atom. The normalized spacial score (nSPS) is 11.1. The van der Waals surface area contributed by atoms with E-state index in [-0.39, 0.29) is 0 Å². The highest BCUT2D eigenvalue weighted by molar-refractivity contribution is 5.88. The fourth-order valence-electron chi connectivity index (χ4n) is 2.37. The quantitative estimate of drug-likeness (QED) is 0.805. The summed E-state index contributed by atoms with van der Waals surface area (Å²) in [7, 11) is 0. The predicted molar refractivity (Wildman–Crippen MR) is 79.6 cm³/mol. The summed E-state index contributed by atoms with van der Waals surface area (Å²) in [5.74, 6) is -1.35. The van der Waals surface area contributed by atoms with Crippen molar-refractivity contribution in [3.63, 3.8) is 0 Å². The van der Waals surface area contributed by atoms with E-state index in [1.165, 1.54) is 6.33 Å². The summed E-state index contributed by atoms with van der Waals surface area (Å²) >= 11 is 0. The van der Waals surface area contributed by atoms with Crippen molar-refractivity contribution in [3.8, 4) is 0 Å². The summed E-state index contributed by atoms with van der Waals surface area (Å²) < 4.78 is 28.5. The molecule has 0 aliphatic carbocycles. The van der Waals surface area contributed by atoms with Crippen LogP contribution in [0.1, 0.15) is 11.4 Å². The third-order valence-electron chi connectivity index (χ3n) is 3.40. The van der Waals surface area contributed by atoms with Gasteiger partial charge in [-0.3, -0.25) is 4.68 Å². The Balaban J connectivity index is 1.79. The van der Waals surface area contributed by atoms with Crippen LogP contribution < -0.4 is 5.32 Å². The Kier molecular flexibility index (Phi) is 3.70. The minimum atomic E-state index is -0.917.